The lowest BCUT2D eigenvalue weighted by atomic mass is 10.2. The summed E-state index contributed by atoms with van der Waals surface area (Å²) in [7, 11) is 0. The molecule has 0 aliphatic heterocycles. The predicted octanol–water partition coefficient (Wildman–Crippen LogP) is 4.18. The maximum Gasteiger partial charge on any atom is 0.272 e. The van der Waals surface area contributed by atoms with Crippen molar-refractivity contribution >= 4 is 28.1 Å². The second-order valence-electron chi connectivity index (χ2n) is 5.10. The SMILES string of the molecule is Cc1ccc(C(=O)N/N=C\c2ccc(-c3cccc(Br)c3)o2)cn1. The van der Waals surface area contributed by atoms with Crippen LogP contribution in [0.4, 0.5) is 0 Å². The number of aryl methyl sites for hydroxylation is 1. The van der Waals surface area contributed by atoms with Crippen LogP contribution in [-0.4, -0.2) is 17.1 Å². The largest absolute Gasteiger partial charge is 0.455 e. The average Bonchev–Trinajstić information content (AvgIpc) is 3.04. The number of pyridine rings is 1. The van der Waals surface area contributed by atoms with Gasteiger partial charge in [0.15, 0.2) is 0 Å². The molecule has 0 atom stereocenters. The van der Waals surface area contributed by atoms with Crippen molar-refractivity contribution in [3.63, 3.8) is 0 Å². The van der Waals surface area contributed by atoms with Crippen LogP contribution in [0.5, 0.6) is 0 Å². The number of carbonyl (C=O) groups is 1. The summed E-state index contributed by atoms with van der Waals surface area (Å²) in [5.41, 5.74) is 4.71. The van der Waals surface area contributed by atoms with Gasteiger partial charge < -0.3 is 4.42 Å². The first-order valence-electron chi connectivity index (χ1n) is 7.24. The molecule has 120 valence electrons. The fraction of sp³-hybridized carbons (Fsp3) is 0.0556. The molecule has 2 aromatic heterocycles. The topological polar surface area (TPSA) is 67.5 Å². The molecule has 5 nitrogen and oxygen atoms in total. The van der Waals surface area contributed by atoms with Crippen molar-refractivity contribution in [1.29, 1.82) is 0 Å². The van der Waals surface area contributed by atoms with Gasteiger partial charge in [-0.3, -0.25) is 9.78 Å². The second-order valence-corrected chi connectivity index (χ2v) is 6.02. The molecule has 0 fully saturated rings. The number of aromatic nitrogens is 1. The van der Waals surface area contributed by atoms with Gasteiger partial charge in [0.25, 0.3) is 5.91 Å². The normalized spacial score (nSPS) is 10.9. The highest BCUT2D eigenvalue weighted by atomic mass is 79.9. The van der Waals surface area contributed by atoms with Crippen molar-refractivity contribution in [3.05, 3.63) is 76.2 Å². The van der Waals surface area contributed by atoms with Crippen molar-refractivity contribution < 1.29 is 9.21 Å². The number of halogens is 1. The highest BCUT2D eigenvalue weighted by Gasteiger charge is 2.05. The molecule has 1 amide bonds. The molecule has 2 heterocycles. The van der Waals surface area contributed by atoms with Crippen molar-refractivity contribution in [1.82, 2.24) is 10.4 Å². The number of benzene rings is 1. The standard InChI is InChI=1S/C18H14BrN3O2/c1-12-5-6-14(10-20-12)18(23)22-21-11-16-7-8-17(24-16)13-3-2-4-15(19)9-13/h2-11H,1H3,(H,22,23)/b21-11-. The molecule has 0 radical (unpaired) electrons. The molecule has 0 saturated heterocycles. The third-order valence-electron chi connectivity index (χ3n) is 3.27. The van der Waals surface area contributed by atoms with Gasteiger partial charge in [0, 0.05) is 21.9 Å². The van der Waals surface area contributed by atoms with Gasteiger partial charge in [-0.1, -0.05) is 28.1 Å². The molecule has 1 aromatic carbocycles. The Morgan fingerprint density at radius 1 is 1.25 bits per heavy atom. The second kappa shape index (κ2) is 7.23. The maximum atomic E-state index is 11.9. The summed E-state index contributed by atoms with van der Waals surface area (Å²) in [6.45, 7) is 1.86. The van der Waals surface area contributed by atoms with Gasteiger partial charge in [0.2, 0.25) is 0 Å². The van der Waals surface area contributed by atoms with Gasteiger partial charge in [0.05, 0.1) is 11.8 Å². The van der Waals surface area contributed by atoms with Gasteiger partial charge >= 0.3 is 0 Å². The third kappa shape index (κ3) is 3.97. The van der Waals surface area contributed by atoms with E-state index in [9.17, 15) is 4.79 Å². The van der Waals surface area contributed by atoms with Crippen molar-refractivity contribution in [2.45, 2.75) is 6.92 Å². The maximum absolute atomic E-state index is 11.9. The number of furan rings is 1. The summed E-state index contributed by atoms with van der Waals surface area (Å²) in [6.07, 6.45) is 2.97. The molecule has 3 rings (SSSR count). The number of amides is 1. The lowest BCUT2D eigenvalue weighted by Gasteiger charge is -1.99. The summed E-state index contributed by atoms with van der Waals surface area (Å²) in [5.74, 6) is 0.955. The molecule has 0 bridgehead atoms. The van der Waals surface area contributed by atoms with Crippen LogP contribution in [0.1, 0.15) is 21.8 Å². The van der Waals surface area contributed by atoms with Gasteiger partial charge in [-0.2, -0.15) is 5.10 Å². The fourth-order valence-electron chi connectivity index (χ4n) is 2.04. The van der Waals surface area contributed by atoms with Crippen LogP contribution in [0.3, 0.4) is 0 Å². The molecule has 24 heavy (non-hydrogen) atoms. The molecule has 0 saturated carbocycles. The van der Waals surface area contributed by atoms with E-state index in [4.69, 9.17) is 4.42 Å². The Labute approximate surface area is 147 Å². The highest BCUT2D eigenvalue weighted by Crippen LogP contribution is 2.24. The van der Waals surface area contributed by atoms with Crippen LogP contribution in [-0.2, 0) is 0 Å². The van der Waals surface area contributed by atoms with E-state index >= 15 is 0 Å². The van der Waals surface area contributed by atoms with E-state index in [-0.39, 0.29) is 5.91 Å². The zero-order valence-electron chi connectivity index (χ0n) is 12.9. The molecule has 6 heteroatoms. The van der Waals surface area contributed by atoms with E-state index in [1.165, 1.54) is 12.4 Å². The molecular weight excluding hydrogens is 370 g/mol. The third-order valence-corrected chi connectivity index (χ3v) is 3.76. The Hall–Kier alpha value is -2.73. The van der Waals surface area contributed by atoms with Crippen molar-refractivity contribution in [3.8, 4) is 11.3 Å². The zero-order valence-corrected chi connectivity index (χ0v) is 14.4. The number of hydrazone groups is 1. The molecular formula is C18H14BrN3O2. The van der Waals surface area contributed by atoms with Crippen LogP contribution in [0.2, 0.25) is 0 Å². The molecule has 3 aromatic rings. The number of hydrogen-bond acceptors (Lipinski definition) is 4. The molecule has 1 N–H and O–H groups in total. The molecule has 0 spiro atoms. The number of nitrogens with one attached hydrogen (secondary N) is 1. The van der Waals surface area contributed by atoms with Crippen LogP contribution in [0.25, 0.3) is 11.3 Å². The minimum Gasteiger partial charge on any atom is -0.455 e. The van der Waals surface area contributed by atoms with Gasteiger partial charge in [0.1, 0.15) is 11.5 Å². The quantitative estimate of drug-likeness (QED) is 0.542. The monoisotopic (exact) mass is 383 g/mol. The van der Waals surface area contributed by atoms with E-state index < -0.39 is 0 Å². The van der Waals surface area contributed by atoms with Crippen LogP contribution in [0, 0.1) is 6.92 Å². The summed E-state index contributed by atoms with van der Waals surface area (Å²) in [5, 5.41) is 3.91. The summed E-state index contributed by atoms with van der Waals surface area (Å²) < 4.78 is 6.67. The van der Waals surface area contributed by atoms with E-state index in [0.717, 1.165) is 21.5 Å². The number of rotatable bonds is 4. The number of nitrogens with zero attached hydrogens (tertiary/aromatic N) is 2. The minimum absolute atomic E-state index is 0.322. The van der Waals surface area contributed by atoms with Crippen LogP contribution >= 0.6 is 15.9 Å². The van der Waals surface area contributed by atoms with Gasteiger partial charge in [-0.25, -0.2) is 5.43 Å². The molecule has 0 aliphatic rings. The van der Waals surface area contributed by atoms with Crippen LogP contribution in [0.15, 0.2) is 68.7 Å². The smallest absolute Gasteiger partial charge is 0.272 e. The highest BCUT2D eigenvalue weighted by molar-refractivity contribution is 9.10. The Kier molecular flexibility index (Phi) is 4.86. The van der Waals surface area contributed by atoms with Crippen molar-refractivity contribution in [2.24, 2.45) is 5.10 Å². The van der Waals surface area contributed by atoms with Gasteiger partial charge in [-0.15, -0.1) is 0 Å². The van der Waals surface area contributed by atoms with Crippen molar-refractivity contribution in [2.75, 3.05) is 0 Å². The summed E-state index contributed by atoms with van der Waals surface area (Å²) in [6, 6.07) is 14.9. The lowest BCUT2D eigenvalue weighted by Crippen LogP contribution is -2.17. The molecule has 0 aliphatic carbocycles. The Bertz CT molecular complexity index is 885. The Morgan fingerprint density at radius 2 is 2.12 bits per heavy atom. The summed E-state index contributed by atoms with van der Waals surface area (Å²) in [4.78, 5) is 16.0. The number of hydrogen-bond donors (Lipinski definition) is 1. The first kappa shape index (κ1) is 16.1. The first-order chi connectivity index (χ1) is 11.6. The Morgan fingerprint density at radius 3 is 2.88 bits per heavy atom. The van der Waals surface area contributed by atoms with E-state index in [0.29, 0.717) is 11.3 Å². The number of carbonyl (C=O) groups excluding carboxylic acids is 1. The lowest BCUT2D eigenvalue weighted by molar-refractivity contribution is 0.0954. The van der Waals surface area contributed by atoms with Crippen LogP contribution < -0.4 is 5.43 Å². The minimum atomic E-state index is -0.322. The van der Waals surface area contributed by atoms with E-state index in [1.54, 1.807) is 18.2 Å². The Balaban J connectivity index is 1.65. The van der Waals surface area contributed by atoms with E-state index in [2.05, 4.69) is 31.4 Å². The van der Waals surface area contributed by atoms with Gasteiger partial charge in [-0.05, 0) is 43.3 Å². The fourth-order valence-corrected chi connectivity index (χ4v) is 2.44. The summed E-state index contributed by atoms with van der Waals surface area (Å²) >= 11 is 3.43. The predicted molar refractivity (Wildman–Crippen MR) is 95.9 cm³/mol. The zero-order chi connectivity index (χ0) is 16.9. The first-order valence-corrected chi connectivity index (χ1v) is 8.03. The average molecular weight is 384 g/mol. The molecule has 0 unspecified atom stereocenters. The van der Waals surface area contributed by atoms with E-state index in [1.807, 2.05) is 37.3 Å².